The monoisotopic (exact) mass is 355 g/mol. The summed E-state index contributed by atoms with van der Waals surface area (Å²) >= 11 is 0. The first-order valence-electron chi connectivity index (χ1n) is 7.53. The van der Waals surface area contributed by atoms with Gasteiger partial charge < -0.3 is 5.32 Å². The summed E-state index contributed by atoms with van der Waals surface area (Å²) in [5, 5.41) is 4.87. The molecule has 1 aliphatic heterocycles. The lowest BCUT2D eigenvalue weighted by molar-refractivity contribution is 0.238. The van der Waals surface area contributed by atoms with Gasteiger partial charge in [0.05, 0.1) is 4.90 Å². The van der Waals surface area contributed by atoms with Crippen LogP contribution in [0.2, 0.25) is 0 Å². The molecule has 1 fully saturated rings. The van der Waals surface area contributed by atoms with Crippen molar-refractivity contribution >= 4 is 33.2 Å². The second kappa shape index (κ2) is 7.13. The molecule has 5 nitrogen and oxygen atoms in total. The minimum absolute atomic E-state index is 0. The molecule has 0 bridgehead atoms. The first-order valence-corrected chi connectivity index (χ1v) is 9.02. The number of pyridine rings is 1. The number of rotatable bonds is 4. The number of hydrogen-bond donors (Lipinski definition) is 2. The SMILES string of the molecule is CC1(CNS(=O)(=O)c2cccc3cnccc23)CCCNC1.Cl. The second-order valence-corrected chi connectivity index (χ2v) is 8.00. The highest BCUT2D eigenvalue weighted by Crippen LogP contribution is 2.26. The normalized spacial score (nSPS) is 21.8. The number of sulfonamides is 1. The molecule has 7 heteroatoms. The number of aromatic nitrogens is 1. The molecule has 2 aromatic rings. The lowest BCUT2D eigenvalue weighted by atomic mass is 9.83. The molecule has 1 aliphatic rings. The van der Waals surface area contributed by atoms with Gasteiger partial charge >= 0.3 is 0 Å². The molecule has 1 aromatic carbocycles. The number of piperidine rings is 1. The molecule has 0 aliphatic carbocycles. The molecule has 0 spiro atoms. The summed E-state index contributed by atoms with van der Waals surface area (Å²) in [7, 11) is -3.53. The van der Waals surface area contributed by atoms with Crippen LogP contribution >= 0.6 is 12.4 Å². The Bertz CT molecular complexity index is 768. The summed E-state index contributed by atoms with van der Waals surface area (Å²) in [5.41, 5.74) is -0.0303. The molecule has 1 aromatic heterocycles. The smallest absolute Gasteiger partial charge is 0.241 e. The number of halogens is 1. The number of benzene rings is 1. The highest BCUT2D eigenvalue weighted by atomic mass is 35.5. The first-order chi connectivity index (χ1) is 10.5. The predicted molar refractivity (Wildman–Crippen MR) is 94.4 cm³/mol. The first kappa shape index (κ1) is 18.1. The zero-order valence-corrected chi connectivity index (χ0v) is 14.7. The Balaban J connectivity index is 0.00000192. The number of fused-ring (bicyclic) bond motifs is 1. The average molecular weight is 356 g/mol. The van der Waals surface area contributed by atoms with E-state index in [9.17, 15) is 8.42 Å². The van der Waals surface area contributed by atoms with Crippen molar-refractivity contribution in [3.05, 3.63) is 36.7 Å². The van der Waals surface area contributed by atoms with Crippen molar-refractivity contribution in [3.8, 4) is 0 Å². The largest absolute Gasteiger partial charge is 0.316 e. The van der Waals surface area contributed by atoms with Gasteiger partial charge in [-0.05, 0) is 36.9 Å². The second-order valence-electron chi connectivity index (χ2n) is 6.27. The van der Waals surface area contributed by atoms with Crippen LogP contribution in [-0.4, -0.2) is 33.0 Å². The molecule has 1 saturated heterocycles. The van der Waals surface area contributed by atoms with Crippen LogP contribution in [0.1, 0.15) is 19.8 Å². The van der Waals surface area contributed by atoms with E-state index in [-0.39, 0.29) is 17.8 Å². The number of nitrogens with zero attached hydrogens (tertiary/aromatic N) is 1. The quantitative estimate of drug-likeness (QED) is 0.883. The zero-order valence-electron chi connectivity index (χ0n) is 13.1. The third-order valence-electron chi connectivity index (χ3n) is 4.30. The van der Waals surface area contributed by atoms with Gasteiger partial charge in [-0.25, -0.2) is 13.1 Å². The van der Waals surface area contributed by atoms with Crippen LogP contribution in [0.25, 0.3) is 10.8 Å². The summed E-state index contributed by atoms with van der Waals surface area (Å²) in [6.45, 7) is 4.42. The minimum atomic E-state index is -3.53. The summed E-state index contributed by atoms with van der Waals surface area (Å²) in [4.78, 5) is 4.36. The highest BCUT2D eigenvalue weighted by Gasteiger charge is 2.29. The van der Waals surface area contributed by atoms with Gasteiger partial charge in [-0.3, -0.25) is 4.98 Å². The molecule has 2 N–H and O–H groups in total. The highest BCUT2D eigenvalue weighted by molar-refractivity contribution is 7.89. The van der Waals surface area contributed by atoms with Crippen LogP contribution in [-0.2, 0) is 10.0 Å². The topological polar surface area (TPSA) is 71.1 Å². The maximum Gasteiger partial charge on any atom is 0.241 e. The Morgan fingerprint density at radius 1 is 1.35 bits per heavy atom. The third kappa shape index (κ3) is 4.01. The van der Waals surface area contributed by atoms with Crippen molar-refractivity contribution in [1.82, 2.24) is 15.0 Å². The van der Waals surface area contributed by atoms with Crippen molar-refractivity contribution in [3.63, 3.8) is 0 Å². The van der Waals surface area contributed by atoms with E-state index < -0.39 is 10.0 Å². The van der Waals surface area contributed by atoms with Crippen LogP contribution in [0.4, 0.5) is 0 Å². The van der Waals surface area contributed by atoms with Crippen molar-refractivity contribution in [1.29, 1.82) is 0 Å². The average Bonchev–Trinajstić information content (AvgIpc) is 2.53. The van der Waals surface area contributed by atoms with Gasteiger partial charge in [0, 0.05) is 36.3 Å². The van der Waals surface area contributed by atoms with Gasteiger partial charge in [-0.15, -0.1) is 12.4 Å². The van der Waals surface area contributed by atoms with Crippen LogP contribution < -0.4 is 10.0 Å². The van der Waals surface area contributed by atoms with E-state index in [2.05, 4.69) is 21.9 Å². The maximum absolute atomic E-state index is 12.7. The van der Waals surface area contributed by atoms with Gasteiger partial charge in [0.15, 0.2) is 0 Å². The van der Waals surface area contributed by atoms with Crippen molar-refractivity contribution < 1.29 is 8.42 Å². The van der Waals surface area contributed by atoms with Crippen molar-refractivity contribution in [2.45, 2.75) is 24.7 Å². The molecule has 3 rings (SSSR count). The molecule has 0 saturated carbocycles. The maximum atomic E-state index is 12.7. The summed E-state index contributed by atoms with van der Waals surface area (Å²) < 4.78 is 28.1. The standard InChI is InChI=1S/C16H21N3O2S.ClH/c1-16(7-3-8-18-11-16)12-19-22(20,21)15-5-2-4-13-10-17-9-6-14(13)15;/h2,4-6,9-10,18-19H,3,7-8,11-12H2,1H3;1H. The van der Waals surface area contributed by atoms with Gasteiger partial charge in [0.25, 0.3) is 0 Å². The Kier molecular flexibility index (Phi) is 5.62. The Morgan fingerprint density at radius 3 is 2.91 bits per heavy atom. The number of hydrogen-bond acceptors (Lipinski definition) is 4. The van der Waals surface area contributed by atoms with Crippen LogP contribution in [0.5, 0.6) is 0 Å². The van der Waals surface area contributed by atoms with Gasteiger partial charge in [-0.2, -0.15) is 0 Å². The van der Waals surface area contributed by atoms with Crippen LogP contribution in [0.15, 0.2) is 41.6 Å². The third-order valence-corrected chi connectivity index (χ3v) is 5.76. The van der Waals surface area contributed by atoms with Gasteiger partial charge in [0.1, 0.15) is 0 Å². The number of nitrogens with one attached hydrogen (secondary N) is 2. The lowest BCUT2D eigenvalue weighted by Gasteiger charge is -2.34. The van der Waals surface area contributed by atoms with Crippen molar-refractivity contribution in [2.24, 2.45) is 5.41 Å². The Labute approximate surface area is 143 Å². The molecule has 1 unspecified atom stereocenters. The summed E-state index contributed by atoms with van der Waals surface area (Å²) in [5.74, 6) is 0. The summed E-state index contributed by atoms with van der Waals surface area (Å²) in [6, 6.07) is 7.01. The molecule has 2 heterocycles. The van der Waals surface area contributed by atoms with Gasteiger partial charge in [-0.1, -0.05) is 19.1 Å². The zero-order chi connectivity index (χ0) is 15.6. The van der Waals surface area contributed by atoms with Crippen molar-refractivity contribution in [2.75, 3.05) is 19.6 Å². The predicted octanol–water partition coefficient (Wildman–Crippen LogP) is 2.32. The summed E-state index contributed by atoms with van der Waals surface area (Å²) in [6.07, 6.45) is 5.41. The van der Waals surface area contributed by atoms with E-state index in [1.54, 1.807) is 30.6 Å². The molecular weight excluding hydrogens is 334 g/mol. The van der Waals surface area contributed by atoms with Crippen LogP contribution in [0, 0.1) is 5.41 Å². The minimum Gasteiger partial charge on any atom is -0.316 e. The van der Waals surface area contributed by atoms with E-state index in [4.69, 9.17) is 0 Å². The fourth-order valence-electron chi connectivity index (χ4n) is 2.94. The molecule has 23 heavy (non-hydrogen) atoms. The Morgan fingerprint density at radius 2 is 2.17 bits per heavy atom. The van der Waals surface area contributed by atoms with E-state index in [0.29, 0.717) is 16.8 Å². The molecule has 126 valence electrons. The molecular formula is C16H22ClN3O2S. The molecule has 1 atom stereocenters. The molecule has 0 amide bonds. The molecule has 0 radical (unpaired) electrons. The lowest BCUT2D eigenvalue weighted by Crippen LogP contribution is -2.45. The van der Waals surface area contributed by atoms with E-state index in [1.165, 1.54) is 0 Å². The van der Waals surface area contributed by atoms with E-state index >= 15 is 0 Å². The Hall–Kier alpha value is -1.21. The fraction of sp³-hybridized carbons (Fsp3) is 0.438. The fourth-order valence-corrected chi connectivity index (χ4v) is 4.37. The van der Waals surface area contributed by atoms with Gasteiger partial charge in [0.2, 0.25) is 10.0 Å². The van der Waals surface area contributed by atoms with E-state index in [1.807, 2.05) is 6.07 Å². The van der Waals surface area contributed by atoms with E-state index in [0.717, 1.165) is 31.3 Å². The van der Waals surface area contributed by atoms with Crippen LogP contribution in [0.3, 0.4) is 0 Å².